The number of nitrogens with two attached hydrogens (primary N) is 1. The minimum atomic E-state index is -0.188. The van der Waals surface area contributed by atoms with Crippen molar-refractivity contribution in [1.82, 2.24) is 5.32 Å². The summed E-state index contributed by atoms with van der Waals surface area (Å²) in [7, 11) is 0. The summed E-state index contributed by atoms with van der Waals surface area (Å²) in [5.74, 6) is 0.00639. The molecule has 0 radical (unpaired) electrons. The highest BCUT2D eigenvalue weighted by Gasteiger charge is 2.12. The van der Waals surface area contributed by atoms with E-state index in [1.165, 1.54) is 0 Å². The van der Waals surface area contributed by atoms with Gasteiger partial charge in [-0.3, -0.25) is 9.59 Å². The number of hydrogen-bond acceptors (Lipinski definition) is 3. The molecule has 5 heteroatoms. The normalized spacial score (nSPS) is 10.3. The van der Waals surface area contributed by atoms with Gasteiger partial charge in [0.15, 0.2) is 0 Å². The number of para-hydroxylation sites is 1. The molecule has 0 unspecified atom stereocenters. The number of hydrogen-bond donors (Lipinski definition) is 3. The van der Waals surface area contributed by atoms with Gasteiger partial charge < -0.3 is 16.4 Å². The van der Waals surface area contributed by atoms with Crippen LogP contribution in [-0.4, -0.2) is 24.9 Å². The lowest BCUT2D eigenvalue weighted by Gasteiger charge is -2.12. The number of nitrogens with one attached hydrogen (secondary N) is 2. The Morgan fingerprint density at radius 3 is 2.58 bits per heavy atom. The summed E-state index contributed by atoms with van der Waals surface area (Å²) in [5.41, 5.74) is 6.30. The molecule has 0 fully saturated rings. The lowest BCUT2D eigenvalue weighted by Crippen LogP contribution is -2.28. The van der Waals surface area contributed by atoms with Crippen LogP contribution in [0.1, 0.15) is 30.6 Å². The molecular weight excluding hydrogens is 242 g/mol. The van der Waals surface area contributed by atoms with Gasteiger partial charge in [-0.2, -0.15) is 0 Å². The molecule has 2 amide bonds. The Bertz CT molecular complexity index is 444. The van der Waals surface area contributed by atoms with Gasteiger partial charge in [0.25, 0.3) is 5.91 Å². The molecule has 0 saturated heterocycles. The van der Waals surface area contributed by atoms with Crippen LogP contribution < -0.4 is 16.4 Å². The summed E-state index contributed by atoms with van der Waals surface area (Å²) < 4.78 is 0. The average molecular weight is 263 g/mol. The number of anilines is 1. The third kappa shape index (κ3) is 5.09. The van der Waals surface area contributed by atoms with Crippen molar-refractivity contribution in [2.45, 2.75) is 20.3 Å². The highest BCUT2D eigenvalue weighted by atomic mass is 16.2. The van der Waals surface area contributed by atoms with Crippen LogP contribution in [0, 0.1) is 5.92 Å². The summed E-state index contributed by atoms with van der Waals surface area (Å²) in [5, 5.41) is 5.53. The van der Waals surface area contributed by atoms with Crippen molar-refractivity contribution >= 4 is 17.5 Å². The maximum Gasteiger partial charge on any atom is 0.253 e. The molecule has 0 aliphatic carbocycles. The molecule has 0 aromatic heterocycles. The van der Waals surface area contributed by atoms with E-state index in [4.69, 9.17) is 5.73 Å². The lowest BCUT2D eigenvalue weighted by atomic mass is 10.1. The molecule has 0 heterocycles. The van der Waals surface area contributed by atoms with Gasteiger partial charge in [-0.1, -0.05) is 26.0 Å². The number of rotatable bonds is 6. The zero-order valence-corrected chi connectivity index (χ0v) is 11.4. The third-order valence-corrected chi connectivity index (χ3v) is 2.49. The fourth-order valence-corrected chi connectivity index (χ4v) is 1.53. The maximum absolute atomic E-state index is 12.0. The molecule has 104 valence electrons. The Balaban J connectivity index is 2.77. The van der Waals surface area contributed by atoms with Gasteiger partial charge in [0.05, 0.1) is 11.3 Å². The lowest BCUT2D eigenvalue weighted by molar-refractivity contribution is -0.116. The van der Waals surface area contributed by atoms with Gasteiger partial charge in [0.2, 0.25) is 5.91 Å². The van der Waals surface area contributed by atoms with Crippen LogP contribution in [0.25, 0.3) is 0 Å². The van der Waals surface area contributed by atoms with Crippen LogP contribution in [0.15, 0.2) is 24.3 Å². The Kier molecular flexibility index (Phi) is 6.02. The molecule has 19 heavy (non-hydrogen) atoms. The quantitative estimate of drug-likeness (QED) is 0.724. The predicted octanol–water partition coefficient (Wildman–Crippen LogP) is 1.36. The number of benzene rings is 1. The number of amides is 2. The fourth-order valence-electron chi connectivity index (χ4n) is 1.53. The molecule has 0 aliphatic rings. The van der Waals surface area contributed by atoms with Crippen LogP contribution >= 0.6 is 0 Å². The number of carbonyl (C=O) groups excluding carboxylic acids is 2. The zero-order valence-electron chi connectivity index (χ0n) is 11.4. The van der Waals surface area contributed by atoms with E-state index in [1.54, 1.807) is 24.3 Å². The van der Waals surface area contributed by atoms with E-state index in [0.717, 1.165) is 0 Å². The van der Waals surface area contributed by atoms with Crippen molar-refractivity contribution in [2.24, 2.45) is 11.7 Å². The Labute approximate surface area is 113 Å². The fraction of sp³-hybridized carbons (Fsp3) is 0.429. The zero-order chi connectivity index (χ0) is 14.3. The summed E-state index contributed by atoms with van der Waals surface area (Å²) in [6.45, 7) is 4.93. The van der Waals surface area contributed by atoms with E-state index in [-0.39, 0.29) is 24.8 Å². The standard InChI is InChI=1S/C14H21N3O2/c1-10(2)9-16-14(19)11-5-3-4-6-12(11)17-13(18)7-8-15/h3-6,10H,7-9,15H2,1-2H3,(H,16,19)(H,17,18). The van der Waals surface area contributed by atoms with Crippen LogP contribution in [0.5, 0.6) is 0 Å². The van der Waals surface area contributed by atoms with Gasteiger partial charge in [-0.15, -0.1) is 0 Å². The Morgan fingerprint density at radius 2 is 1.95 bits per heavy atom. The first-order chi connectivity index (χ1) is 9.04. The molecule has 5 nitrogen and oxygen atoms in total. The second-order valence-electron chi connectivity index (χ2n) is 4.74. The predicted molar refractivity (Wildman–Crippen MR) is 75.9 cm³/mol. The second-order valence-corrected chi connectivity index (χ2v) is 4.74. The van der Waals surface area contributed by atoms with Crippen molar-refractivity contribution in [1.29, 1.82) is 0 Å². The van der Waals surface area contributed by atoms with E-state index in [9.17, 15) is 9.59 Å². The topological polar surface area (TPSA) is 84.2 Å². The van der Waals surface area contributed by atoms with Crippen molar-refractivity contribution < 1.29 is 9.59 Å². The Hall–Kier alpha value is -1.88. The van der Waals surface area contributed by atoms with E-state index >= 15 is 0 Å². The molecule has 0 spiro atoms. The highest BCUT2D eigenvalue weighted by molar-refractivity contribution is 6.03. The summed E-state index contributed by atoms with van der Waals surface area (Å²) in [6.07, 6.45) is 0.238. The minimum absolute atomic E-state index is 0.183. The first-order valence-corrected chi connectivity index (χ1v) is 6.41. The minimum Gasteiger partial charge on any atom is -0.352 e. The molecule has 1 aromatic carbocycles. The average Bonchev–Trinajstić information content (AvgIpc) is 2.36. The molecule has 1 rings (SSSR count). The molecule has 0 atom stereocenters. The molecule has 0 bridgehead atoms. The monoisotopic (exact) mass is 263 g/mol. The van der Waals surface area contributed by atoms with Crippen molar-refractivity contribution in [3.05, 3.63) is 29.8 Å². The molecule has 4 N–H and O–H groups in total. The smallest absolute Gasteiger partial charge is 0.253 e. The van der Waals surface area contributed by atoms with Crippen molar-refractivity contribution in [3.63, 3.8) is 0 Å². The first-order valence-electron chi connectivity index (χ1n) is 6.41. The largest absolute Gasteiger partial charge is 0.352 e. The highest BCUT2D eigenvalue weighted by Crippen LogP contribution is 2.15. The third-order valence-electron chi connectivity index (χ3n) is 2.49. The van der Waals surface area contributed by atoms with Crippen LogP contribution in [0.2, 0.25) is 0 Å². The van der Waals surface area contributed by atoms with E-state index in [1.807, 2.05) is 13.8 Å². The van der Waals surface area contributed by atoms with Crippen LogP contribution in [-0.2, 0) is 4.79 Å². The second kappa shape index (κ2) is 7.53. The van der Waals surface area contributed by atoms with Gasteiger partial charge in [-0.25, -0.2) is 0 Å². The van der Waals surface area contributed by atoms with Gasteiger partial charge in [0, 0.05) is 19.5 Å². The van der Waals surface area contributed by atoms with Gasteiger partial charge in [0.1, 0.15) is 0 Å². The van der Waals surface area contributed by atoms with Gasteiger partial charge in [-0.05, 0) is 18.1 Å². The maximum atomic E-state index is 12.0. The van der Waals surface area contributed by atoms with Gasteiger partial charge >= 0.3 is 0 Å². The van der Waals surface area contributed by atoms with Crippen LogP contribution in [0.3, 0.4) is 0 Å². The van der Waals surface area contributed by atoms with Crippen molar-refractivity contribution in [3.8, 4) is 0 Å². The summed E-state index contributed by atoms with van der Waals surface area (Å²) in [4.78, 5) is 23.6. The van der Waals surface area contributed by atoms with Crippen LogP contribution in [0.4, 0.5) is 5.69 Å². The van der Waals surface area contributed by atoms with Crippen molar-refractivity contribution in [2.75, 3.05) is 18.4 Å². The number of carbonyl (C=O) groups is 2. The SMILES string of the molecule is CC(C)CNC(=O)c1ccccc1NC(=O)CCN. The molecule has 1 aromatic rings. The molecular formula is C14H21N3O2. The van der Waals surface area contributed by atoms with E-state index in [2.05, 4.69) is 10.6 Å². The van der Waals surface area contributed by atoms with E-state index in [0.29, 0.717) is 23.7 Å². The Morgan fingerprint density at radius 1 is 1.26 bits per heavy atom. The molecule has 0 saturated carbocycles. The first kappa shape index (κ1) is 15.2. The molecule has 0 aliphatic heterocycles. The summed E-state index contributed by atoms with van der Waals surface area (Å²) >= 11 is 0. The summed E-state index contributed by atoms with van der Waals surface area (Å²) in [6, 6.07) is 6.94. The van der Waals surface area contributed by atoms with E-state index < -0.39 is 0 Å².